The second-order valence-corrected chi connectivity index (χ2v) is 8.00. The van der Waals surface area contributed by atoms with Crippen molar-refractivity contribution in [3.05, 3.63) is 34.9 Å². The van der Waals surface area contributed by atoms with Crippen LogP contribution in [0.25, 0.3) is 0 Å². The third kappa shape index (κ3) is 3.57. The van der Waals surface area contributed by atoms with Crippen LogP contribution in [0.3, 0.4) is 0 Å². The molecule has 1 aliphatic heterocycles. The van der Waals surface area contributed by atoms with Gasteiger partial charge in [-0.05, 0) is 36.0 Å². The van der Waals surface area contributed by atoms with Crippen LogP contribution >= 0.6 is 0 Å². The van der Waals surface area contributed by atoms with Gasteiger partial charge in [0.05, 0.1) is 6.42 Å². The first-order chi connectivity index (χ1) is 11.0. The Morgan fingerprint density at radius 3 is 2.52 bits per heavy atom. The molecule has 1 aromatic rings. The first-order valence-electron chi connectivity index (χ1n) is 8.06. The number of fused-ring (bicyclic) bond motifs is 1. The summed E-state index contributed by atoms with van der Waals surface area (Å²) < 4.78 is 27.2. The summed E-state index contributed by atoms with van der Waals surface area (Å²) in [4.78, 5) is 14.2. The molecule has 1 heterocycles. The van der Waals surface area contributed by atoms with Crippen molar-refractivity contribution in [2.24, 2.45) is 0 Å². The highest BCUT2D eigenvalue weighted by molar-refractivity contribution is 7.87. The van der Waals surface area contributed by atoms with E-state index in [9.17, 15) is 13.2 Å². The first-order valence-corrected chi connectivity index (χ1v) is 9.50. The van der Waals surface area contributed by atoms with Gasteiger partial charge in [0, 0.05) is 33.2 Å². The zero-order chi connectivity index (χ0) is 16.4. The van der Waals surface area contributed by atoms with Gasteiger partial charge in [0.15, 0.2) is 0 Å². The number of hydrogen-bond acceptors (Lipinski definition) is 3. The molecule has 126 valence electrons. The third-order valence-corrected chi connectivity index (χ3v) is 6.27. The number of nitrogens with one attached hydrogen (secondary N) is 1. The van der Waals surface area contributed by atoms with Crippen molar-refractivity contribution in [1.29, 1.82) is 0 Å². The van der Waals surface area contributed by atoms with Gasteiger partial charge in [-0.1, -0.05) is 18.2 Å². The molecule has 1 N–H and O–H groups in total. The lowest BCUT2D eigenvalue weighted by Crippen LogP contribution is -2.53. The van der Waals surface area contributed by atoms with Crippen molar-refractivity contribution in [1.82, 2.24) is 13.9 Å². The predicted molar refractivity (Wildman–Crippen MR) is 88.3 cm³/mol. The van der Waals surface area contributed by atoms with Crippen LogP contribution in [-0.4, -0.2) is 56.8 Å². The normalized spacial score (nSPS) is 18.9. The lowest BCUT2D eigenvalue weighted by molar-refractivity contribution is -0.131. The summed E-state index contributed by atoms with van der Waals surface area (Å²) in [6.07, 6.45) is 3.85. The average molecular weight is 337 g/mol. The van der Waals surface area contributed by atoms with Crippen molar-refractivity contribution >= 4 is 16.1 Å². The Morgan fingerprint density at radius 2 is 1.83 bits per heavy atom. The van der Waals surface area contributed by atoms with E-state index in [0.29, 0.717) is 32.6 Å². The largest absolute Gasteiger partial charge is 0.340 e. The highest BCUT2D eigenvalue weighted by Crippen LogP contribution is 2.23. The fraction of sp³-hybridized carbons (Fsp3) is 0.562. The molecule has 0 atom stereocenters. The third-order valence-electron chi connectivity index (χ3n) is 4.71. The summed E-state index contributed by atoms with van der Waals surface area (Å²) in [6.45, 7) is 1.59. The number of nitrogens with zero attached hydrogens (tertiary/aromatic N) is 2. The van der Waals surface area contributed by atoms with Crippen molar-refractivity contribution < 1.29 is 13.2 Å². The van der Waals surface area contributed by atoms with Gasteiger partial charge in [-0.2, -0.15) is 12.7 Å². The van der Waals surface area contributed by atoms with E-state index in [-0.39, 0.29) is 5.91 Å². The van der Waals surface area contributed by atoms with Gasteiger partial charge in [-0.15, -0.1) is 0 Å². The zero-order valence-electron chi connectivity index (χ0n) is 13.4. The maximum absolute atomic E-state index is 12.4. The van der Waals surface area contributed by atoms with Crippen LogP contribution in [0, 0.1) is 0 Å². The Labute approximate surface area is 137 Å². The Bertz CT molecular complexity index is 695. The minimum atomic E-state index is -3.39. The van der Waals surface area contributed by atoms with Gasteiger partial charge in [0.25, 0.3) is 10.2 Å². The topological polar surface area (TPSA) is 69.7 Å². The van der Waals surface area contributed by atoms with Crippen LogP contribution in [-0.2, 0) is 34.3 Å². The molecule has 7 heteroatoms. The Morgan fingerprint density at radius 1 is 1.13 bits per heavy atom. The van der Waals surface area contributed by atoms with E-state index in [1.54, 1.807) is 4.90 Å². The summed E-state index contributed by atoms with van der Waals surface area (Å²) in [7, 11) is -1.99. The molecule has 0 spiro atoms. The van der Waals surface area contributed by atoms with Gasteiger partial charge in [-0.3, -0.25) is 4.79 Å². The second kappa shape index (κ2) is 6.59. The lowest BCUT2D eigenvalue weighted by Gasteiger charge is -2.33. The van der Waals surface area contributed by atoms with Crippen LogP contribution in [0.15, 0.2) is 18.2 Å². The Kier molecular flexibility index (Phi) is 4.70. The fourth-order valence-corrected chi connectivity index (χ4v) is 4.23. The fourth-order valence-electron chi connectivity index (χ4n) is 3.33. The minimum Gasteiger partial charge on any atom is -0.340 e. The summed E-state index contributed by atoms with van der Waals surface area (Å²) in [5.41, 5.74) is 3.84. The molecule has 3 rings (SSSR count). The summed E-state index contributed by atoms with van der Waals surface area (Å²) in [6, 6.07) is 6.34. The van der Waals surface area contributed by atoms with E-state index in [1.807, 2.05) is 6.07 Å². The minimum absolute atomic E-state index is 0.0736. The van der Waals surface area contributed by atoms with Gasteiger partial charge < -0.3 is 4.90 Å². The summed E-state index contributed by atoms with van der Waals surface area (Å²) >= 11 is 0. The van der Waals surface area contributed by atoms with Crippen molar-refractivity contribution in [2.75, 3.05) is 33.2 Å². The van der Waals surface area contributed by atoms with E-state index in [2.05, 4.69) is 16.9 Å². The molecule has 1 aromatic carbocycles. The predicted octanol–water partition coefficient (Wildman–Crippen LogP) is 0.326. The van der Waals surface area contributed by atoms with Gasteiger partial charge >= 0.3 is 0 Å². The summed E-state index contributed by atoms with van der Waals surface area (Å²) in [5.74, 6) is 0.0736. The molecule has 0 bridgehead atoms. The van der Waals surface area contributed by atoms with Crippen LogP contribution < -0.4 is 4.72 Å². The number of carbonyl (C=O) groups excluding carboxylic acids is 1. The van der Waals surface area contributed by atoms with Crippen LogP contribution in [0.5, 0.6) is 0 Å². The molecule has 1 fully saturated rings. The number of aryl methyl sites for hydroxylation is 2. The highest BCUT2D eigenvalue weighted by atomic mass is 32.2. The first kappa shape index (κ1) is 16.4. The quantitative estimate of drug-likeness (QED) is 0.861. The van der Waals surface area contributed by atoms with E-state index in [1.165, 1.54) is 28.9 Å². The maximum atomic E-state index is 12.4. The molecular formula is C16H23N3O3S. The number of piperazine rings is 1. The molecule has 2 aliphatic rings. The highest BCUT2D eigenvalue weighted by Gasteiger charge is 2.27. The monoisotopic (exact) mass is 337 g/mol. The SMILES string of the molecule is CNS(=O)(=O)N1CCN(C(=O)Cc2ccc3c(c2)CCC3)CC1. The van der Waals surface area contributed by atoms with Gasteiger partial charge in [0.2, 0.25) is 5.91 Å². The molecule has 1 aliphatic carbocycles. The average Bonchev–Trinajstić information content (AvgIpc) is 3.02. The molecule has 0 aromatic heterocycles. The smallest absolute Gasteiger partial charge is 0.279 e. The van der Waals surface area contributed by atoms with Crippen LogP contribution in [0.2, 0.25) is 0 Å². The molecule has 1 saturated heterocycles. The van der Waals surface area contributed by atoms with Gasteiger partial charge in [0.1, 0.15) is 0 Å². The van der Waals surface area contributed by atoms with Crippen molar-refractivity contribution in [2.45, 2.75) is 25.7 Å². The number of rotatable bonds is 4. The van der Waals surface area contributed by atoms with Crippen molar-refractivity contribution in [3.8, 4) is 0 Å². The summed E-state index contributed by atoms with van der Waals surface area (Å²) in [5, 5.41) is 0. The number of amides is 1. The second-order valence-electron chi connectivity index (χ2n) is 6.12. The molecule has 23 heavy (non-hydrogen) atoms. The van der Waals surface area contributed by atoms with Crippen LogP contribution in [0.1, 0.15) is 23.1 Å². The van der Waals surface area contributed by atoms with E-state index >= 15 is 0 Å². The van der Waals surface area contributed by atoms with Crippen molar-refractivity contribution in [3.63, 3.8) is 0 Å². The molecule has 6 nitrogen and oxygen atoms in total. The number of benzene rings is 1. The number of hydrogen-bond donors (Lipinski definition) is 1. The molecular weight excluding hydrogens is 314 g/mol. The lowest BCUT2D eigenvalue weighted by atomic mass is 10.0. The van der Waals surface area contributed by atoms with Crippen LogP contribution in [0.4, 0.5) is 0 Å². The molecule has 0 radical (unpaired) electrons. The Hall–Kier alpha value is -1.44. The van der Waals surface area contributed by atoms with Gasteiger partial charge in [-0.25, -0.2) is 4.72 Å². The molecule has 0 unspecified atom stereocenters. The molecule has 1 amide bonds. The van der Waals surface area contributed by atoms with E-state index < -0.39 is 10.2 Å². The molecule has 0 saturated carbocycles. The van der Waals surface area contributed by atoms with E-state index in [0.717, 1.165) is 18.4 Å². The Balaban J connectivity index is 1.58. The maximum Gasteiger partial charge on any atom is 0.279 e. The van der Waals surface area contributed by atoms with E-state index in [4.69, 9.17) is 0 Å². The zero-order valence-corrected chi connectivity index (χ0v) is 14.2. The standard InChI is InChI=1S/C16H23N3O3S/c1-17-23(21,22)19-9-7-18(8-10-19)16(20)12-13-5-6-14-3-2-4-15(14)11-13/h5-6,11,17H,2-4,7-10,12H2,1H3. The number of carbonyl (C=O) groups is 1.